The molecule has 1 unspecified atom stereocenters. The molecule has 0 bridgehead atoms. The Morgan fingerprint density at radius 2 is 1.07 bits per heavy atom. The second-order valence-corrected chi connectivity index (χ2v) is 11.6. The minimum Gasteiger partial charge on any atom is -0.456 e. The van der Waals surface area contributed by atoms with E-state index in [2.05, 4.69) is 156 Å². The lowest BCUT2D eigenvalue weighted by Gasteiger charge is -2.45. The number of benzene rings is 7. The van der Waals surface area contributed by atoms with Crippen LogP contribution in [-0.2, 0) is 5.41 Å². The highest BCUT2D eigenvalue weighted by atomic mass is 16.5. The van der Waals surface area contributed by atoms with Crippen molar-refractivity contribution in [2.45, 2.75) is 5.41 Å². The molecule has 1 aromatic heterocycles. The van der Waals surface area contributed by atoms with Crippen molar-refractivity contribution < 1.29 is 4.74 Å². The number of hydrogen-bond donors (Lipinski definition) is 0. The monoisotopic (exact) mass is 547 g/mol. The number of nitrogens with zero attached hydrogens (tertiary/aromatic N) is 1. The summed E-state index contributed by atoms with van der Waals surface area (Å²) in [7, 11) is 0. The summed E-state index contributed by atoms with van der Waals surface area (Å²) >= 11 is 0. The summed E-state index contributed by atoms with van der Waals surface area (Å²) in [5.74, 6) is 1.83. The van der Waals surface area contributed by atoms with E-state index in [1.807, 2.05) is 0 Å². The normalized spacial score (nSPS) is 16.2. The summed E-state index contributed by atoms with van der Waals surface area (Å²) in [6, 6.07) is 55.1. The zero-order chi connectivity index (χ0) is 28.1. The maximum atomic E-state index is 6.99. The minimum absolute atomic E-state index is 0.564. The number of rotatable bonds is 1. The van der Waals surface area contributed by atoms with Gasteiger partial charge in [-0.25, -0.2) is 0 Å². The molecule has 2 aliphatic rings. The summed E-state index contributed by atoms with van der Waals surface area (Å²) < 4.78 is 9.47. The predicted octanol–water partition coefficient (Wildman–Crippen LogP) is 10.4. The zero-order valence-electron chi connectivity index (χ0n) is 23.3. The second kappa shape index (κ2) is 8.24. The fraction of sp³-hybridized carbons (Fsp3) is 0.0244. The molecule has 1 atom stereocenters. The van der Waals surface area contributed by atoms with E-state index in [4.69, 9.17) is 4.74 Å². The SMILES string of the molecule is c1ccc2c(c1)Oc1c(-c3cccc4ccccc34)cccc1C21c2ccccc2-n2c3ccccc3c3cccc1c32. The highest BCUT2D eigenvalue weighted by molar-refractivity contribution is 6.12. The minimum atomic E-state index is -0.564. The maximum absolute atomic E-state index is 6.99. The average molecular weight is 548 g/mol. The summed E-state index contributed by atoms with van der Waals surface area (Å²) in [5, 5.41) is 5.00. The molecule has 2 nitrogen and oxygen atoms in total. The van der Waals surface area contributed by atoms with Gasteiger partial charge in [0.1, 0.15) is 11.5 Å². The van der Waals surface area contributed by atoms with E-state index in [0.29, 0.717) is 0 Å². The molecule has 7 aromatic carbocycles. The van der Waals surface area contributed by atoms with Crippen molar-refractivity contribution in [2.75, 3.05) is 0 Å². The Balaban J connectivity index is 1.42. The van der Waals surface area contributed by atoms with Gasteiger partial charge in [-0.05, 0) is 45.7 Å². The topological polar surface area (TPSA) is 14.2 Å². The van der Waals surface area contributed by atoms with Gasteiger partial charge in [-0.1, -0.05) is 133 Å². The summed E-state index contributed by atoms with van der Waals surface area (Å²) in [4.78, 5) is 0. The van der Waals surface area contributed by atoms with Gasteiger partial charge in [-0.3, -0.25) is 0 Å². The number of ether oxygens (including phenoxy) is 1. The molecular weight excluding hydrogens is 522 g/mol. The lowest BCUT2D eigenvalue weighted by Crippen LogP contribution is -2.37. The summed E-state index contributed by atoms with van der Waals surface area (Å²) in [6.45, 7) is 0. The molecule has 0 radical (unpaired) electrons. The first-order valence-corrected chi connectivity index (χ1v) is 14.9. The molecule has 0 fully saturated rings. The van der Waals surface area contributed by atoms with Gasteiger partial charge in [0.15, 0.2) is 0 Å². The number of para-hydroxylation sites is 5. The Labute approximate surface area is 249 Å². The van der Waals surface area contributed by atoms with Crippen LogP contribution in [0.3, 0.4) is 0 Å². The van der Waals surface area contributed by atoms with Crippen LogP contribution < -0.4 is 4.74 Å². The molecule has 0 saturated carbocycles. The van der Waals surface area contributed by atoms with E-state index in [9.17, 15) is 0 Å². The smallest absolute Gasteiger partial charge is 0.140 e. The fourth-order valence-corrected chi connectivity index (χ4v) is 8.02. The van der Waals surface area contributed by atoms with Crippen LogP contribution in [0.15, 0.2) is 152 Å². The summed E-state index contributed by atoms with van der Waals surface area (Å²) in [5.41, 5.74) is 10.3. The van der Waals surface area contributed by atoms with Gasteiger partial charge in [0.2, 0.25) is 0 Å². The van der Waals surface area contributed by atoms with E-state index in [0.717, 1.165) is 17.1 Å². The molecule has 10 rings (SSSR count). The Morgan fingerprint density at radius 3 is 2.02 bits per heavy atom. The van der Waals surface area contributed by atoms with Crippen LogP contribution in [0.4, 0.5) is 0 Å². The van der Waals surface area contributed by atoms with Gasteiger partial charge in [-0.2, -0.15) is 0 Å². The van der Waals surface area contributed by atoms with Gasteiger partial charge >= 0.3 is 0 Å². The number of hydrogen-bond acceptors (Lipinski definition) is 1. The molecule has 2 heteroatoms. The van der Waals surface area contributed by atoms with Crippen molar-refractivity contribution >= 4 is 32.6 Å². The van der Waals surface area contributed by atoms with E-state index >= 15 is 0 Å². The van der Waals surface area contributed by atoms with Crippen LogP contribution >= 0.6 is 0 Å². The highest BCUT2D eigenvalue weighted by Crippen LogP contribution is 2.61. The van der Waals surface area contributed by atoms with Gasteiger partial charge < -0.3 is 9.30 Å². The molecule has 8 aromatic rings. The third-order valence-corrected chi connectivity index (χ3v) is 9.65. The van der Waals surface area contributed by atoms with E-state index < -0.39 is 5.41 Å². The van der Waals surface area contributed by atoms with Crippen molar-refractivity contribution in [3.05, 3.63) is 174 Å². The lowest BCUT2D eigenvalue weighted by atomic mass is 9.61. The molecule has 0 aliphatic carbocycles. The molecule has 2 aliphatic heterocycles. The van der Waals surface area contributed by atoms with E-state index in [-0.39, 0.29) is 0 Å². The Hall–Kier alpha value is -5.60. The van der Waals surface area contributed by atoms with Crippen molar-refractivity contribution in [3.8, 4) is 28.3 Å². The van der Waals surface area contributed by atoms with Gasteiger partial charge in [0.25, 0.3) is 0 Å². The average Bonchev–Trinajstić information content (AvgIpc) is 3.41. The van der Waals surface area contributed by atoms with Crippen LogP contribution in [0, 0.1) is 0 Å². The van der Waals surface area contributed by atoms with Crippen LogP contribution in [0.25, 0.3) is 49.4 Å². The van der Waals surface area contributed by atoms with Crippen LogP contribution in [0.5, 0.6) is 11.5 Å². The third-order valence-electron chi connectivity index (χ3n) is 9.65. The molecule has 0 N–H and O–H groups in total. The lowest BCUT2D eigenvalue weighted by molar-refractivity contribution is 0.435. The largest absolute Gasteiger partial charge is 0.456 e. The Kier molecular flexibility index (Phi) is 4.41. The second-order valence-electron chi connectivity index (χ2n) is 11.6. The molecule has 1 spiro atoms. The first-order chi connectivity index (χ1) is 21.4. The zero-order valence-corrected chi connectivity index (χ0v) is 23.3. The molecule has 43 heavy (non-hydrogen) atoms. The summed E-state index contributed by atoms with van der Waals surface area (Å²) in [6.07, 6.45) is 0. The fourth-order valence-electron chi connectivity index (χ4n) is 8.02. The van der Waals surface area contributed by atoms with Crippen LogP contribution in [0.2, 0.25) is 0 Å². The van der Waals surface area contributed by atoms with Gasteiger partial charge in [0, 0.05) is 27.5 Å². The van der Waals surface area contributed by atoms with Crippen LogP contribution in [0.1, 0.15) is 22.3 Å². The standard InChI is InChI=1S/C41H25NO/c1-2-14-27-26(12-1)13-9-16-28(27)31-18-11-22-35-40(31)43-38-25-8-5-20-33(38)41(35)32-19-4-7-24-37(32)42-36-23-6-3-15-29(36)30-17-10-21-34(41)39(30)42/h1-25H. The molecule has 200 valence electrons. The molecular formula is C41H25NO. The molecule has 0 amide bonds. The van der Waals surface area contributed by atoms with Crippen molar-refractivity contribution in [3.63, 3.8) is 0 Å². The van der Waals surface area contributed by atoms with E-state index in [1.165, 1.54) is 66.1 Å². The van der Waals surface area contributed by atoms with Crippen molar-refractivity contribution in [1.29, 1.82) is 0 Å². The quantitative estimate of drug-likeness (QED) is 0.199. The first kappa shape index (κ1) is 23.0. The van der Waals surface area contributed by atoms with Crippen molar-refractivity contribution in [1.82, 2.24) is 4.57 Å². The van der Waals surface area contributed by atoms with Gasteiger partial charge in [-0.15, -0.1) is 0 Å². The van der Waals surface area contributed by atoms with Crippen molar-refractivity contribution in [2.24, 2.45) is 0 Å². The first-order valence-electron chi connectivity index (χ1n) is 14.9. The van der Waals surface area contributed by atoms with Crippen LogP contribution in [-0.4, -0.2) is 4.57 Å². The van der Waals surface area contributed by atoms with Gasteiger partial charge in [0.05, 0.1) is 22.1 Å². The highest BCUT2D eigenvalue weighted by Gasteiger charge is 2.50. The maximum Gasteiger partial charge on any atom is 0.140 e. The third kappa shape index (κ3) is 2.78. The molecule has 0 saturated heterocycles. The number of fused-ring (bicyclic) bond motifs is 12. The molecule has 3 heterocycles. The van der Waals surface area contributed by atoms with E-state index in [1.54, 1.807) is 0 Å². The Morgan fingerprint density at radius 1 is 0.442 bits per heavy atom. The Bertz CT molecular complexity index is 2440. The predicted molar refractivity (Wildman–Crippen MR) is 176 cm³/mol. The number of aromatic nitrogens is 1.